The van der Waals surface area contributed by atoms with Gasteiger partial charge in [0.15, 0.2) is 0 Å². The van der Waals surface area contributed by atoms with Gasteiger partial charge in [0.25, 0.3) is 0 Å². The van der Waals surface area contributed by atoms with E-state index in [9.17, 15) is 8.42 Å². The Bertz CT molecular complexity index is 693. The third kappa shape index (κ3) is 2.76. The van der Waals surface area contributed by atoms with Crippen LogP contribution in [0.25, 0.3) is 0 Å². The fourth-order valence-corrected chi connectivity index (χ4v) is 3.62. The predicted molar refractivity (Wildman–Crippen MR) is 75.9 cm³/mol. The molecule has 0 saturated heterocycles. The lowest BCUT2D eigenvalue weighted by atomic mass is 10.1. The number of aromatic amines is 1. The highest BCUT2D eigenvalue weighted by Gasteiger charge is 2.17. The summed E-state index contributed by atoms with van der Waals surface area (Å²) >= 11 is 0. The normalized spacial score (nSPS) is 14.4. The van der Waals surface area contributed by atoms with Gasteiger partial charge in [-0.25, -0.2) is 18.1 Å². The minimum Gasteiger partial charge on any atom is -0.348 e. The molecule has 1 aromatic carbocycles. The molecule has 106 valence electrons. The van der Waals surface area contributed by atoms with Crippen molar-refractivity contribution >= 4 is 10.0 Å². The zero-order chi connectivity index (χ0) is 14.0. The molecule has 0 aliphatic heterocycles. The van der Waals surface area contributed by atoms with Crippen LogP contribution in [0, 0.1) is 0 Å². The van der Waals surface area contributed by atoms with Crippen LogP contribution in [0.4, 0.5) is 0 Å². The fraction of sp³-hybridized carbons (Fsp3) is 0.357. The molecule has 1 heterocycles. The number of imidazole rings is 1. The Morgan fingerprint density at radius 1 is 1.25 bits per heavy atom. The number of H-pyrrole nitrogens is 1. The van der Waals surface area contributed by atoms with Crippen molar-refractivity contribution in [2.24, 2.45) is 0 Å². The molecule has 20 heavy (non-hydrogen) atoms. The van der Waals surface area contributed by atoms with Crippen molar-refractivity contribution in [3.63, 3.8) is 0 Å². The van der Waals surface area contributed by atoms with Gasteiger partial charge < -0.3 is 4.98 Å². The molecule has 6 heteroatoms. The molecule has 0 bridgehead atoms. The Morgan fingerprint density at radius 2 is 2.10 bits per heavy atom. The Hall–Kier alpha value is -1.66. The number of hydrogen-bond acceptors (Lipinski definition) is 3. The van der Waals surface area contributed by atoms with Crippen molar-refractivity contribution < 1.29 is 8.42 Å². The van der Waals surface area contributed by atoms with Crippen LogP contribution >= 0.6 is 0 Å². The number of nitrogens with zero attached hydrogens (tertiary/aromatic N) is 1. The lowest BCUT2D eigenvalue weighted by Crippen LogP contribution is -2.26. The first kappa shape index (κ1) is 13.3. The molecule has 2 N–H and O–H groups in total. The molecule has 0 atom stereocenters. The first-order valence-electron chi connectivity index (χ1n) is 6.74. The largest absolute Gasteiger partial charge is 0.348 e. The first-order chi connectivity index (χ1) is 9.65. The zero-order valence-electron chi connectivity index (χ0n) is 11.1. The van der Waals surface area contributed by atoms with Crippen molar-refractivity contribution in [1.82, 2.24) is 14.7 Å². The van der Waals surface area contributed by atoms with Crippen molar-refractivity contribution in [2.75, 3.05) is 6.54 Å². The molecular weight excluding hydrogens is 274 g/mol. The van der Waals surface area contributed by atoms with Gasteiger partial charge in [-0.2, -0.15) is 0 Å². The van der Waals surface area contributed by atoms with Crippen LogP contribution in [0.2, 0.25) is 0 Å². The molecule has 2 aromatic rings. The minimum atomic E-state index is -3.42. The van der Waals surface area contributed by atoms with Crippen LogP contribution < -0.4 is 4.72 Å². The van der Waals surface area contributed by atoms with Crippen LogP contribution in [0.3, 0.4) is 0 Å². The maximum Gasteiger partial charge on any atom is 0.240 e. The van der Waals surface area contributed by atoms with Crippen LogP contribution in [0.15, 0.2) is 35.6 Å². The summed E-state index contributed by atoms with van der Waals surface area (Å²) in [6, 6.07) is 5.44. The van der Waals surface area contributed by atoms with Crippen molar-refractivity contribution in [3.05, 3.63) is 47.5 Å². The third-order valence-electron chi connectivity index (χ3n) is 3.62. The van der Waals surface area contributed by atoms with Crippen molar-refractivity contribution in [2.45, 2.75) is 30.6 Å². The summed E-state index contributed by atoms with van der Waals surface area (Å²) in [7, 11) is -3.42. The number of rotatable bonds is 5. The molecule has 0 unspecified atom stereocenters. The number of sulfonamides is 1. The summed E-state index contributed by atoms with van der Waals surface area (Å²) in [5, 5.41) is 0. The Balaban J connectivity index is 1.68. The van der Waals surface area contributed by atoms with E-state index in [1.54, 1.807) is 24.7 Å². The Labute approximate surface area is 118 Å². The lowest BCUT2D eigenvalue weighted by Gasteiger charge is -2.08. The number of hydrogen-bond donors (Lipinski definition) is 2. The van der Waals surface area contributed by atoms with Crippen LogP contribution in [-0.4, -0.2) is 24.9 Å². The molecule has 0 saturated carbocycles. The molecule has 1 aliphatic carbocycles. The van der Waals surface area contributed by atoms with E-state index >= 15 is 0 Å². The van der Waals surface area contributed by atoms with Gasteiger partial charge in [0.2, 0.25) is 10.0 Å². The van der Waals surface area contributed by atoms with Gasteiger partial charge in [-0.05, 0) is 42.5 Å². The molecule has 0 fully saturated rings. The quantitative estimate of drug-likeness (QED) is 0.875. The summed E-state index contributed by atoms with van der Waals surface area (Å²) in [5.74, 6) is 0. The highest BCUT2D eigenvalue weighted by molar-refractivity contribution is 7.89. The lowest BCUT2D eigenvalue weighted by molar-refractivity contribution is 0.581. The van der Waals surface area contributed by atoms with Gasteiger partial charge in [0.1, 0.15) is 0 Å². The van der Waals surface area contributed by atoms with Crippen molar-refractivity contribution in [1.29, 1.82) is 0 Å². The van der Waals surface area contributed by atoms with Crippen LogP contribution in [-0.2, 0) is 29.3 Å². The first-order valence-corrected chi connectivity index (χ1v) is 8.22. The van der Waals surface area contributed by atoms with Gasteiger partial charge in [-0.15, -0.1) is 0 Å². The summed E-state index contributed by atoms with van der Waals surface area (Å²) < 4.78 is 27.1. The molecule has 0 radical (unpaired) electrons. The van der Waals surface area contributed by atoms with E-state index in [0.29, 0.717) is 17.9 Å². The summed E-state index contributed by atoms with van der Waals surface area (Å²) in [4.78, 5) is 7.22. The van der Waals surface area contributed by atoms with E-state index in [1.165, 1.54) is 11.1 Å². The number of fused-ring (bicyclic) bond motifs is 1. The monoisotopic (exact) mass is 291 g/mol. The molecule has 1 aromatic heterocycles. The smallest absolute Gasteiger partial charge is 0.240 e. The summed E-state index contributed by atoms with van der Waals surface area (Å²) in [6.45, 7) is 0.363. The number of benzene rings is 1. The second kappa shape index (κ2) is 5.38. The van der Waals surface area contributed by atoms with Gasteiger partial charge in [-0.1, -0.05) is 6.07 Å². The van der Waals surface area contributed by atoms with E-state index in [-0.39, 0.29) is 0 Å². The summed E-state index contributed by atoms with van der Waals surface area (Å²) in [5.41, 5.74) is 3.37. The third-order valence-corrected chi connectivity index (χ3v) is 5.08. The molecule has 5 nitrogen and oxygen atoms in total. The molecule has 3 rings (SSSR count). The maximum atomic E-state index is 12.2. The highest BCUT2D eigenvalue weighted by atomic mass is 32.2. The number of aryl methyl sites for hydroxylation is 2. The second-order valence-corrected chi connectivity index (χ2v) is 6.78. The van der Waals surface area contributed by atoms with E-state index in [4.69, 9.17) is 0 Å². The highest BCUT2D eigenvalue weighted by Crippen LogP contribution is 2.24. The van der Waals surface area contributed by atoms with Crippen LogP contribution in [0.5, 0.6) is 0 Å². The minimum absolute atomic E-state index is 0.363. The van der Waals surface area contributed by atoms with Gasteiger partial charge in [-0.3, -0.25) is 0 Å². The topological polar surface area (TPSA) is 74.8 Å². The molecule has 0 amide bonds. The average molecular weight is 291 g/mol. The Kier molecular flexibility index (Phi) is 3.58. The van der Waals surface area contributed by atoms with E-state index < -0.39 is 10.0 Å². The van der Waals surface area contributed by atoms with Gasteiger partial charge in [0.05, 0.1) is 11.2 Å². The molecule has 1 aliphatic rings. The van der Waals surface area contributed by atoms with Gasteiger partial charge in [0, 0.05) is 24.9 Å². The van der Waals surface area contributed by atoms with Gasteiger partial charge >= 0.3 is 0 Å². The Morgan fingerprint density at radius 3 is 2.90 bits per heavy atom. The van der Waals surface area contributed by atoms with Crippen LogP contribution in [0.1, 0.15) is 23.2 Å². The summed E-state index contributed by atoms with van der Waals surface area (Å²) in [6.07, 6.45) is 7.04. The standard InChI is InChI=1S/C14H17N3O2S/c18-20(19,17-7-6-13-9-15-10-16-13)14-5-4-11-2-1-3-12(11)8-14/h4-5,8-10,17H,1-3,6-7H2,(H,15,16). The van der Waals surface area contributed by atoms with E-state index in [1.807, 2.05) is 6.07 Å². The number of nitrogens with one attached hydrogen (secondary N) is 2. The predicted octanol–water partition coefficient (Wildman–Crippen LogP) is 1.42. The van der Waals surface area contributed by atoms with E-state index in [2.05, 4.69) is 14.7 Å². The molecule has 0 spiro atoms. The second-order valence-electron chi connectivity index (χ2n) is 5.01. The van der Waals surface area contributed by atoms with E-state index in [0.717, 1.165) is 25.0 Å². The maximum absolute atomic E-state index is 12.2. The number of aromatic nitrogens is 2. The average Bonchev–Trinajstić information content (AvgIpc) is 3.08. The fourth-order valence-electron chi connectivity index (χ4n) is 2.54. The molecular formula is C14H17N3O2S. The zero-order valence-corrected chi connectivity index (χ0v) is 11.9. The SMILES string of the molecule is O=S(=O)(NCCc1cnc[nH]1)c1ccc2c(c1)CCC2. The van der Waals surface area contributed by atoms with Crippen molar-refractivity contribution in [3.8, 4) is 0 Å².